The van der Waals surface area contributed by atoms with Gasteiger partial charge in [0, 0.05) is 36.8 Å². The Morgan fingerprint density at radius 1 is 1.30 bits per heavy atom. The summed E-state index contributed by atoms with van der Waals surface area (Å²) in [5.74, 6) is -0.194. The maximum Gasteiger partial charge on any atom is 0.311 e. The number of nitro groups is 1. The van der Waals surface area contributed by atoms with E-state index in [2.05, 4.69) is 37.9 Å². The van der Waals surface area contributed by atoms with Crippen molar-refractivity contribution in [2.45, 2.75) is 39.8 Å². The van der Waals surface area contributed by atoms with Crippen LogP contribution in [0.1, 0.15) is 38.1 Å². The summed E-state index contributed by atoms with van der Waals surface area (Å²) in [7, 11) is 1.36. The van der Waals surface area contributed by atoms with Gasteiger partial charge in [-0.3, -0.25) is 19.8 Å². The molecule has 0 aromatic heterocycles. The third-order valence-corrected chi connectivity index (χ3v) is 3.62. The van der Waals surface area contributed by atoms with Crippen LogP contribution in [-0.2, 0) is 0 Å². The molecule has 0 fully saturated rings. The van der Waals surface area contributed by atoms with Crippen molar-refractivity contribution in [2.24, 2.45) is 0 Å². The number of carbonyl (C=O) groups is 1. The van der Waals surface area contributed by atoms with Gasteiger partial charge in [-0.25, -0.2) is 0 Å². The van der Waals surface area contributed by atoms with E-state index in [-0.39, 0.29) is 22.9 Å². The number of methoxy groups -OCH3 is 1. The molecule has 7 nitrogen and oxygen atoms in total. The molecule has 0 heterocycles. The van der Waals surface area contributed by atoms with E-state index in [0.29, 0.717) is 18.6 Å². The maximum absolute atomic E-state index is 12.1. The number of hydrogen-bond donors (Lipinski definition) is 1. The summed E-state index contributed by atoms with van der Waals surface area (Å²) in [6, 6.07) is 4.95. The minimum Gasteiger partial charge on any atom is -0.490 e. The van der Waals surface area contributed by atoms with Gasteiger partial charge >= 0.3 is 5.69 Å². The molecule has 0 bridgehead atoms. The predicted octanol–water partition coefficient (Wildman–Crippen LogP) is 2.45. The fraction of sp³-hybridized carbons (Fsp3) is 0.562. The van der Waals surface area contributed by atoms with Crippen LogP contribution in [0.5, 0.6) is 5.75 Å². The SMILES string of the molecule is COc1ccc(C(=O)NCCN(C(C)C)C(C)C)cc1[N+](=O)[O-]. The molecule has 0 saturated carbocycles. The second-order valence-corrected chi connectivity index (χ2v) is 5.82. The Morgan fingerprint density at radius 2 is 1.91 bits per heavy atom. The van der Waals surface area contributed by atoms with Crippen molar-refractivity contribution in [1.29, 1.82) is 0 Å². The van der Waals surface area contributed by atoms with Crippen LogP contribution < -0.4 is 10.1 Å². The van der Waals surface area contributed by atoms with Gasteiger partial charge in [-0.2, -0.15) is 0 Å². The highest BCUT2D eigenvalue weighted by Gasteiger charge is 2.18. The van der Waals surface area contributed by atoms with E-state index >= 15 is 0 Å². The zero-order valence-corrected chi connectivity index (χ0v) is 14.3. The van der Waals surface area contributed by atoms with Crippen molar-refractivity contribution in [1.82, 2.24) is 10.2 Å². The first-order chi connectivity index (χ1) is 10.8. The molecule has 1 aromatic carbocycles. The number of amides is 1. The van der Waals surface area contributed by atoms with E-state index in [4.69, 9.17) is 4.74 Å². The largest absolute Gasteiger partial charge is 0.490 e. The molecule has 23 heavy (non-hydrogen) atoms. The van der Waals surface area contributed by atoms with Crippen molar-refractivity contribution in [2.75, 3.05) is 20.2 Å². The van der Waals surface area contributed by atoms with Crippen LogP contribution in [0.2, 0.25) is 0 Å². The first kappa shape index (κ1) is 18.9. The normalized spacial score (nSPS) is 11.1. The molecule has 0 radical (unpaired) electrons. The summed E-state index contributed by atoms with van der Waals surface area (Å²) in [5.41, 5.74) is 0.0317. The number of ether oxygens (including phenoxy) is 1. The highest BCUT2D eigenvalue weighted by molar-refractivity contribution is 5.95. The van der Waals surface area contributed by atoms with Gasteiger partial charge in [0.25, 0.3) is 5.91 Å². The van der Waals surface area contributed by atoms with Crippen LogP contribution >= 0.6 is 0 Å². The van der Waals surface area contributed by atoms with Crippen LogP contribution in [-0.4, -0.2) is 48.0 Å². The Balaban J connectivity index is 2.72. The summed E-state index contributed by atoms with van der Waals surface area (Å²) < 4.78 is 4.93. The van der Waals surface area contributed by atoms with E-state index in [0.717, 1.165) is 6.54 Å². The van der Waals surface area contributed by atoms with Crippen molar-refractivity contribution in [3.05, 3.63) is 33.9 Å². The Hall–Kier alpha value is -2.15. The average Bonchev–Trinajstić information content (AvgIpc) is 2.49. The lowest BCUT2D eigenvalue weighted by Crippen LogP contribution is -2.42. The van der Waals surface area contributed by atoms with Crippen molar-refractivity contribution in [3.63, 3.8) is 0 Å². The standard InChI is InChI=1S/C16H25N3O4/c1-11(2)18(12(3)4)9-8-17-16(20)13-6-7-15(23-5)14(10-13)19(21)22/h6-7,10-12H,8-9H2,1-5H3,(H,17,20). The Labute approximate surface area is 136 Å². The second-order valence-electron chi connectivity index (χ2n) is 5.82. The van der Waals surface area contributed by atoms with Crippen LogP contribution in [0.3, 0.4) is 0 Å². The molecule has 1 aromatic rings. The zero-order valence-electron chi connectivity index (χ0n) is 14.3. The summed E-state index contributed by atoms with van der Waals surface area (Å²) in [6.45, 7) is 9.63. The van der Waals surface area contributed by atoms with Gasteiger partial charge in [0.05, 0.1) is 12.0 Å². The molecule has 1 rings (SSSR count). The molecule has 0 atom stereocenters. The Kier molecular flexibility index (Phi) is 6.96. The summed E-state index contributed by atoms with van der Waals surface area (Å²) in [4.78, 5) is 24.8. The minimum absolute atomic E-state index is 0.136. The molecule has 7 heteroatoms. The minimum atomic E-state index is -0.561. The first-order valence-electron chi connectivity index (χ1n) is 7.64. The number of nitrogens with one attached hydrogen (secondary N) is 1. The van der Waals surface area contributed by atoms with Crippen molar-refractivity contribution in [3.8, 4) is 5.75 Å². The molecule has 1 N–H and O–H groups in total. The van der Waals surface area contributed by atoms with Crippen molar-refractivity contribution < 1.29 is 14.5 Å². The van der Waals surface area contributed by atoms with E-state index in [1.54, 1.807) is 0 Å². The summed E-state index contributed by atoms with van der Waals surface area (Å²) in [5, 5.41) is 13.8. The summed E-state index contributed by atoms with van der Waals surface area (Å²) >= 11 is 0. The quantitative estimate of drug-likeness (QED) is 0.587. The molecule has 128 valence electrons. The first-order valence-corrected chi connectivity index (χ1v) is 7.64. The smallest absolute Gasteiger partial charge is 0.311 e. The Morgan fingerprint density at radius 3 is 2.39 bits per heavy atom. The van der Waals surface area contributed by atoms with Crippen LogP contribution in [0.4, 0.5) is 5.69 Å². The van der Waals surface area contributed by atoms with Gasteiger partial charge in [0.2, 0.25) is 0 Å². The maximum atomic E-state index is 12.1. The second kappa shape index (κ2) is 8.47. The molecular formula is C16H25N3O4. The number of rotatable bonds is 8. The van der Waals surface area contributed by atoms with Gasteiger partial charge in [-0.05, 0) is 39.8 Å². The van der Waals surface area contributed by atoms with E-state index < -0.39 is 4.92 Å². The highest BCUT2D eigenvalue weighted by Crippen LogP contribution is 2.27. The van der Waals surface area contributed by atoms with Gasteiger partial charge in [-0.15, -0.1) is 0 Å². The summed E-state index contributed by atoms with van der Waals surface area (Å²) in [6.07, 6.45) is 0. The van der Waals surface area contributed by atoms with Crippen LogP contribution in [0, 0.1) is 10.1 Å². The predicted molar refractivity (Wildman–Crippen MR) is 89.0 cm³/mol. The number of nitro benzene ring substituents is 1. The van der Waals surface area contributed by atoms with Crippen molar-refractivity contribution >= 4 is 11.6 Å². The van der Waals surface area contributed by atoms with E-state index in [1.165, 1.54) is 25.3 Å². The van der Waals surface area contributed by atoms with Crippen LogP contribution in [0.15, 0.2) is 18.2 Å². The fourth-order valence-electron chi connectivity index (χ4n) is 2.49. The Bertz CT molecular complexity index is 550. The molecule has 0 spiro atoms. The number of nitrogens with zero attached hydrogens (tertiary/aromatic N) is 2. The molecular weight excluding hydrogens is 298 g/mol. The zero-order chi connectivity index (χ0) is 17.6. The van der Waals surface area contributed by atoms with Gasteiger partial charge in [0.15, 0.2) is 5.75 Å². The number of hydrogen-bond acceptors (Lipinski definition) is 5. The van der Waals surface area contributed by atoms with E-state index in [9.17, 15) is 14.9 Å². The third kappa shape index (κ3) is 5.21. The lowest BCUT2D eigenvalue weighted by molar-refractivity contribution is -0.385. The molecule has 0 aliphatic rings. The van der Waals surface area contributed by atoms with E-state index in [1.807, 2.05) is 0 Å². The van der Waals surface area contributed by atoms with Crippen LogP contribution in [0.25, 0.3) is 0 Å². The van der Waals surface area contributed by atoms with Gasteiger partial charge < -0.3 is 10.1 Å². The average molecular weight is 323 g/mol. The van der Waals surface area contributed by atoms with Gasteiger partial charge in [-0.1, -0.05) is 0 Å². The third-order valence-electron chi connectivity index (χ3n) is 3.62. The molecule has 0 unspecified atom stereocenters. The van der Waals surface area contributed by atoms with Gasteiger partial charge in [0.1, 0.15) is 0 Å². The lowest BCUT2D eigenvalue weighted by Gasteiger charge is -2.30. The highest BCUT2D eigenvalue weighted by atomic mass is 16.6. The molecule has 0 saturated heterocycles. The number of carbonyl (C=O) groups excluding carboxylic acids is 1. The molecule has 0 aliphatic heterocycles. The monoisotopic (exact) mass is 323 g/mol. The number of benzene rings is 1. The molecule has 0 aliphatic carbocycles. The molecule has 1 amide bonds. The fourth-order valence-corrected chi connectivity index (χ4v) is 2.49. The topological polar surface area (TPSA) is 84.7 Å². The lowest BCUT2D eigenvalue weighted by atomic mass is 10.1.